The predicted molar refractivity (Wildman–Crippen MR) is 87.5 cm³/mol. The van der Waals surface area contributed by atoms with Crippen LogP contribution in [-0.4, -0.2) is 61.7 Å². The van der Waals surface area contributed by atoms with Gasteiger partial charge < -0.3 is 5.32 Å². The van der Waals surface area contributed by atoms with Crippen molar-refractivity contribution in [2.45, 2.75) is 18.5 Å². The summed E-state index contributed by atoms with van der Waals surface area (Å²) in [5.41, 5.74) is 1.44. The van der Waals surface area contributed by atoms with Gasteiger partial charge in [-0.2, -0.15) is 0 Å². The van der Waals surface area contributed by atoms with Crippen LogP contribution >= 0.6 is 22.6 Å². The number of piperazine rings is 3. The van der Waals surface area contributed by atoms with Gasteiger partial charge in [-0.3, -0.25) is 9.80 Å². The number of rotatable bonds is 4. The molecule has 4 rings (SSSR count). The molecule has 0 saturated carbocycles. The summed E-state index contributed by atoms with van der Waals surface area (Å²) in [5, 5.41) is 3.55. The van der Waals surface area contributed by atoms with Crippen molar-refractivity contribution in [3.05, 3.63) is 33.4 Å². The van der Waals surface area contributed by atoms with Crippen LogP contribution in [-0.2, 0) is 6.42 Å². The zero-order chi connectivity index (χ0) is 13.2. The van der Waals surface area contributed by atoms with E-state index < -0.39 is 0 Å². The molecule has 4 heteroatoms. The maximum Gasteiger partial charge on any atom is 0.0380 e. The van der Waals surface area contributed by atoms with Crippen LogP contribution in [0.25, 0.3) is 0 Å². The smallest absolute Gasteiger partial charge is 0.0380 e. The maximum absolute atomic E-state index is 3.55. The molecule has 3 saturated heterocycles. The molecule has 0 aromatic heterocycles. The average Bonchev–Trinajstić information content (AvgIpc) is 2.48. The molecular weight excluding hydrogens is 349 g/mol. The van der Waals surface area contributed by atoms with E-state index >= 15 is 0 Å². The number of benzene rings is 1. The van der Waals surface area contributed by atoms with E-state index in [-0.39, 0.29) is 0 Å². The largest absolute Gasteiger partial charge is 0.315 e. The highest BCUT2D eigenvalue weighted by Crippen LogP contribution is 2.20. The molecule has 2 bridgehead atoms. The Morgan fingerprint density at radius 1 is 1.21 bits per heavy atom. The van der Waals surface area contributed by atoms with Crippen molar-refractivity contribution in [2.75, 3.05) is 39.8 Å². The van der Waals surface area contributed by atoms with Crippen molar-refractivity contribution in [3.8, 4) is 0 Å². The Morgan fingerprint density at radius 3 is 2.42 bits per heavy atom. The van der Waals surface area contributed by atoms with Gasteiger partial charge in [0, 0.05) is 48.4 Å². The minimum absolute atomic E-state index is 0.558. The van der Waals surface area contributed by atoms with Crippen LogP contribution in [0.4, 0.5) is 0 Å². The maximum atomic E-state index is 3.55. The number of nitrogens with zero attached hydrogens (tertiary/aromatic N) is 2. The molecule has 0 spiro atoms. The Labute approximate surface area is 129 Å². The van der Waals surface area contributed by atoms with E-state index in [9.17, 15) is 0 Å². The van der Waals surface area contributed by atoms with Crippen LogP contribution in [0.5, 0.6) is 0 Å². The highest BCUT2D eigenvalue weighted by molar-refractivity contribution is 14.1. The van der Waals surface area contributed by atoms with E-state index in [1.165, 1.54) is 41.9 Å². The summed E-state index contributed by atoms with van der Waals surface area (Å²) in [6.07, 6.45) is 1.13. The fourth-order valence-electron chi connectivity index (χ4n) is 3.34. The Bertz CT molecular complexity index is 412. The normalized spacial score (nSPS) is 31.4. The van der Waals surface area contributed by atoms with Gasteiger partial charge >= 0.3 is 0 Å². The predicted octanol–water partition coefficient (Wildman–Crippen LogP) is 1.42. The second kappa shape index (κ2) is 6.08. The summed E-state index contributed by atoms with van der Waals surface area (Å²) >= 11 is 2.37. The van der Waals surface area contributed by atoms with Crippen molar-refractivity contribution in [3.63, 3.8) is 0 Å². The molecule has 3 aliphatic heterocycles. The van der Waals surface area contributed by atoms with Gasteiger partial charge in [-0.05, 0) is 53.8 Å². The SMILES string of the molecule is CNC(Cc1ccc(I)cc1)C1CN2CCN1CC2. The molecule has 2 unspecified atom stereocenters. The van der Waals surface area contributed by atoms with E-state index in [4.69, 9.17) is 0 Å². The highest BCUT2D eigenvalue weighted by atomic mass is 127. The first-order valence-electron chi connectivity index (χ1n) is 7.14. The molecule has 1 aromatic carbocycles. The molecule has 3 heterocycles. The molecule has 0 amide bonds. The summed E-state index contributed by atoms with van der Waals surface area (Å²) < 4.78 is 1.31. The van der Waals surface area contributed by atoms with Crippen LogP contribution in [0.15, 0.2) is 24.3 Å². The number of likely N-dealkylation sites (N-methyl/N-ethyl adjacent to an activating group) is 1. The van der Waals surface area contributed by atoms with Crippen LogP contribution in [0.2, 0.25) is 0 Å². The molecule has 0 aliphatic carbocycles. The van der Waals surface area contributed by atoms with Gasteiger partial charge in [0.15, 0.2) is 0 Å². The Balaban J connectivity index is 1.68. The molecule has 104 valence electrons. The Morgan fingerprint density at radius 2 is 1.89 bits per heavy atom. The van der Waals surface area contributed by atoms with E-state index in [1.807, 2.05) is 0 Å². The second-order valence-electron chi connectivity index (χ2n) is 5.63. The number of nitrogens with one attached hydrogen (secondary N) is 1. The lowest BCUT2D eigenvalue weighted by molar-refractivity contribution is -0.00202. The van der Waals surface area contributed by atoms with Crippen LogP contribution in [0, 0.1) is 3.57 Å². The monoisotopic (exact) mass is 371 g/mol. The third-order valence-electron chi connectivity index (χ3n) is 4.53. The lowest BCUT2D eigenvalue weighted by Crippen LogP contribution is -2.66. The van der Waals surface area contributed by atoms with Gasteiger partial charge in [-0.1, -0.05) is 12.1 Å². The van der Waals surface area contributed by atoms with Crippen molar-refractivity contribution in [1.29, 1.82) is 0 Å². The number of halogens is 1. The van der Waals surface area contributed by atoms with Gasteiger partial charge in [0.1, 0.15) is 0 Å². The van der Waals surface area contributed by atoms with Gasteiger partial charge in [0.2, 0.25) is 0 Å². The average molecular weight is 371 g/mol. The van der Waals surface area contributed by atoms with E-state index in [1.54, 1.807) is 0 Å². The molecule has 0 radical (unpaired) electrons. The molecule has 1 N–H and O–H groups in total. The van der Waals surface area contributed by atoms with Crippen molar-refractivity contribution >= 4 is 22.6 Å². The highest BCUT2D eigenvalue weighted by Gasteiger charge is 2.35. The van der Waals surface area contributed by atoms with Crippen LogP contribution in [0.1, 0.15) is 5.56 Å². The second-order valence-corrected chi connectivity index (χ2v) is 6.88. The minimum atomic E-state index is 0.558. The zero-order valence-corrected chi connectivity index (χ0v) is 13.6. The molecule has 1 aromatic rings. The van der Waals surface area contributed by atoms with Gasteiger partial charge in [0.05, 0.1) is 0 Å². The third kappa shape index (κ3) is 3.12. The number of fused-ring (bicyclic) bond motifs is 3. The zero-order valence-electron chi connectivity index (χ0n) is 11.5. The van der Waals surface area contributed by atoms with E-state index in [0.29, 0.717) is 12.1 Å². The van der Waals surface area contributed by atoms with Crippen LogP contribution < -0.4 is 5.32 Å². The topological polar surface area (TPSA) is 18.5 Å². The molecular formula is C15H22IN3. The summed E-state index contributed by atoms with van der Waals surface area (Å²) in [4.78, 5) is 5.29. The summed E-state index contributed by atoms with van der Waals surface area (Å²) in [5.74, 6) is 0. The lowest BCUT2D eigenvalue weighted by atomic mass is 9.94. The molecule has 19 heavy (non-hydrogen) atoms. The summed E-state index contributed by atoms with van der Waals surface area (Å²) in [7, 11) is 2.11. The van der Waals surface area contributed by atoms with E-state index in [0.717, 1.165) is 6.42 Å². The van der Waals surface area contributed by atoms with Crippen molar-refractivity contribution in [1.82, 2.24) is 15.1 Å². The van der Waals surface area contributed by atoms with Gasteiger partial charge in [-0.15, -0.1) is 0 Å². The fourth-order valence-corrected chi connectivity index (χ4v) is 3.70. The minimum Gasteiger partial charge on any atom is -0.315 e. The molecule has 3 fully saturated rings. The fraction of sp³-hybridized carbons (Fsp3) is 0.600. The summed E-state index contributed by atoms with van der Waals surface area (Å²) in [6.45, 7) is 6.24. The molecule has 2 atom stereocenters. The number of hydrogen-bond donors (Lipinski definition) is 1. The standard InChI is InChI=1S/C15H22IN3/c1-17-14(10-12-2-4-13(16)5-3-12)15-11-18-6-8-19(15)9-7-18/h2-5,14-15,17H,6-11H2,1H3. The summed E-state index contributed by atoms with van der Waals surface area (Å²) in [6, 6.07) is 10.2. The third-order valence-corrected chi connectivity index (χ3v) is 5.24. The number of hydrogen-bond acceptors (Lipinski definition) is 3. The van der Waals surface area contributed by atoms with Crippen molar-refractivity contribution in [2.24, 2.45) is 0 Å². The van der Waals surface area contributed by atoms with Gasteiger partial charge in [-0.25, -0.2) is 0 Å². The van der Waals surface area contributed by atoms with Crippen molar-refractivity contribution < 1.29 is 0 Å². The quantitative estimate of drug-likeness (QED) is 0.808. The first kappa shape index (κ1) is 13.8. The molecule has 3 aliphatic rings. The first-order valence-corrected chi connectivity index (χ1v) is 8.22. The first-order chi connectivity index (χ1) is 9.26. The van der Waals surface area contributed by atoms with E-state index in [2.05, 4.69) is 69.0 Å². The Kier molecular flexibility index (Phi) is 4.41. The van der Waals surface area contributed by atoms with Gasteiger partial charge in [0.25, 0.3) is 0 Å². The lowest BCUT2D eigenvalue weighted by Gasteiger charge is -2.50. The van der Waals surface area contributed by atoms with Crippen LogP contribution in [0.3, 0.4) is 0 Å². The Hall–Kier alpha value is -0.170. The molecule has 3 nitrogen and oxygen atoms in total.